The summed E-state index contributed by atoms with van der Waals surface area (Å²) < 4.78 is 28.7. The van der Waals surface area contributed by atoms with Crippen LogP contribution in [-0.2, 0) is 9.53 Å². The third-order valence-electron chi connectivity index (χ3n) is 1.85. The van der Waals surface area contributed by atoms with Crippen molar-refractivity contribution in [2.24, 2.45) is 5.73 Å². The number of rotatable bonds is 1. The van der Waals surface area contributed by atoms with E-state index in [1.165, 1.54) is 13.2 Å². The maximum absolute atomic E-state index is 12.1. The summed E-state index contributed by atoms with van der Waals surface area (Å²) in [4.78, 5) is 10.9. The predicted molar refractivity (Wildman–Crippen MR) is 41.9 cm³/mol. The summed E-state index contributed by atoms with van der Waals surface area (Å²) in [5.74, 6) is -0.605. The Labute approximate surface area is 73.9 Å². The molecule has 13 heavy (non-hydrogen) atoms. The Balaban J connectivity index is 2.83. The van der Waals surface area contributed by atoms with Crippen LogP contribution in [0.2, 0.25) is 0 Å². The van der Waals surface area contributed by atoms with Gasteiger partial charge in [0, 0.05) is 17.6 Å². The SMILES string of the molecule is COC(=O)C1=CC(N)C(=C(F)F)C1. The summed E-state index contributed by atoms with van der Waals surface area (Å²) in [6.07, 6.45) is -0.640. The summed E-state index contributed by atoms with van der Waals surface area (Å²) in [5, 5.41) is 0. The van der Waals surface area contributed by atoms with E-state index in [2.05, 4.69) is 4.74 Å². The van der Waals surface area contributed by atoms with Crippen LogP contribution in [-0.4, -0.2) is 19.1 Å². The number of hydrogen-bond acceptors (Lipinski definition) is 3. The van der Waals surface area contributed by atoms with E-state index in [1.54, 1.807) is 0 Å². The van der Waals surface area contributed by atoms with Crippen molar-refractivity contribution in [2.45, 2.75) is 12.5 Å². The van der Waals surface area contributed by atoms with Gasteiger partial charge in [0.25, 0.3) is 6.08 Å². The van der Waals surface area contributed by atoms with Crippen LogP contribution >= 0.6 is 0 Å². The number of ether oxygens (including phenoxy) is 1. The molecule has 0 aromatic heterocycles. The van der Waals surface area contributed by atoms with Crippen molar-refractivity contribution < 1.29 is 18.3 Å². The van der Waals surface area contributed by atoms with Crippen molar-refractivity contribution in [3.63, 3.8) is 0 Å². The van der Waals surface area contributed by atoms with Gasteiger partial charge in [-0.2, -0.15) is 8.78 Å². The molecule has 1 unspecified atom stereocenters. The van der Waals surface area contributed by atoms with Crippen LogP contribution in [0.5, 0.6) is 0 Å². The fraction of sp³-hybridized carbons (Fsp3) is 0.375. The number of esters is 1. The fourth-order valence-corrected chi connectivity index (χ4v) is 1.16. The standard InChI is InChI=1S/C8H9F2NO2/c1-13-8(12)4-2-5(7(9)10)6(11)3-4/h3,6H,2,11H2,1H3. The Morgan fingerprint density at radius 3 is 2.69 bits per heavy atom. The van der Waals surface area contributed by atoms with Gasteiger partial charge in [0.05, 0.1) is 13.2 Å². The molecule has 0 saturated carbocycles. The Morgan fingerprint density at radius 1 is 1.69 bits per heavy atom. The van der Waals surface area contributed by atoms with E-state index in [-0.39, 0.29) is 17.6 Å². The smallest absolute Gasteiger partial charge is 0.333 e. The highest BCUT2D eigenvalue weighted by Crippen LogP contribution is 2.27. The van der Waals surface area contributed by atoms with Gasteiger partial charge in [-0.1, -0.05) is 6.08 Å². The van der Waals surface area contributed by atoms with Gasteiger partial charge in [0.15, 0.2) is 0 Å². The van der Waals surface area contributed by atoms with Gasteiger partial charge < -0.3 is 10.5 Å². The first kappa shape index (κ1) is 9.85. The monoisotopic (exact) mass is 189 g/mol. The minimum absolute atomic E-state index is 0.115. The lowest BCUT2D eigenvalue weighted by Gasteiger charge is -2.00. The molecule has 1 aliphatic rings. The van der Waals surface area contributed by atoms with Crippen LogP contribution in [0.15, 0.2) is 23.3 Å². The second-order valence-corrected chi connectivity index (χ2v) is 2.67. The second kappa shape index (κ2) is 3.66. The summed E-state index contributed by atoms with van der Waals surface area (Å²) in [5.41, 5.74) is 5.33. The number of halogens is 2. The van der Waals surface area contributed by atoms with Crippen molar-refractivity contribution in [3.8, 4) is 0 Å². The maximum atomic E-state index is 12.1. The zero-order chi connectivity index (χ0) is 10.0. The van der Waals surface area contributed by atoms with E-state index in [4.69, 9.17) is 5.73 Å². The zero-order valence-electron chi connectivity index (χ0n) is 7.01. The number of hydrogen-bond donors (Lipinski definition) is 1. The average Bonchev–Trinajstić information content (AvgIpc) is 2.46. The average molecular weight is 189 g/mol. The molecule has 3 nitrogen and oxygen atoms in total. The number of nitrogens with two attached hydrogens (primary N) is 1. The highest BCUT2D eigenvalue weighted by Gasteiger charge is 2.26. The summed E-state index contributed by atoms with van der Waals surface area (Å²) in [7, 11) is 1.20. The van der Waals surface area contributed by atoms with Gasteiger partial charge >= 0.3 is 5.97 Å². The minimum Gasteiger partial charge on any atom is -0.466 e. The van der Waals surface area contributed by atoms with Crippen molar-refractivity contribution in [1.82, 2.24) is 0 Å². The van der Waals surface area contributed by atoms with Gasteiger partial charge in [-0.25, -0.2) is 4.79 Å². The van der Waals surface area contributed by atoms with Gasteiger partial charge in [0.1, 0.15) is 0 Å². The zero-order valence-corrected chi connectivity index (χ0v) is 7.01. The molecule has 0 heterocycles. The van der Waals surface area contributed by atoms with Gasteiger partial charge in [-0.05, 0) is 0 Å². The molecule has 1 rings (SSSR count). The molecular formula is C8H9F2NO2. The second-order valence-electron chi connectivity index (χ2n) is 2.67. The third-order valence-corrected chi connectivity index (χ3v) is 1.85. The van der Waals surface area contributed by atoms with Gasteiger partial charge in [-0.15, -0.1) is 0 Å². The highest BCUT2D eigenvalue weighted by atomic mass is 19.3. The lowest BCUT2D eigenvalue weighted by Crippen LogP contribution is -2.16. The van der Waals surface area contributed by atoms with Crippen LogP contribution in [0.3, 0.4) is 0 Å². The van der Waals surface area contributed by atoms with E-state index >= 15 is 0 Å². The first-order valence-electron chi connectivity index (χ1n) is 3.65. The van der Waals surface area contributed by atoms with Crippen LogP contribution in [0.1, 0.15) is 6.42 Å². The molecule has 0 fully saturated rings. The Bertz CT molecular complexity index is 293. The van der Waals surface area contributed by atoms with Crippen LogP contribution in [0.4, 0.5) is 8.78 Å². The molecule has 5 heteroatoms. The van der Waals surface area contributed by atoms with E-state index in [0.717, 1.165) is 0 Å². The number of carbonyl (C=O) groups is 1. The van der Waals surface area contributed by atoms with E-state index in [0.29, 0.717) is 0 Å². The van der Waals surface area contributed by atoms with E-state index in [1.807, 2.05) is 0 Å². The first-order valence-corrected chi connectivity index (χ1v) is 3.65. The lowest BCUT2D eigenvalue weighted by atomic mass is 10.1. The van der Waals surface area contributed by atoms with E-state index < -0.39 is 18.1 Å². The molecular weight excluding hydrogens is 180 g/mol. The molecule has 0 saturated heterocycles. The molecule has 2 N–H and O–H groups in total. The predicted octanol–water partition coefficient (Wildman–Crippen LogP) is 0.967. The van der Waals surface area contributed by atoms with E-state index in [9.17, 15) is 13.6 Å². The molecule has 0 amide bonds. The topological polar surface area (TPSA) is 52.3 Å². The molecule has 0 bridgehead atoms. The molecule has 0 aliphatic heterocycles. The Hall–Kier alpha value is -1.23. The Morgan fingerprint density at radius 2 is 2.31 bits per heavy atom. The summed E-state index contributed by atoms with van der Waals surface area (Å²) in [6, 6.07) is -0.862. The first-order chi connectivity index (χ1) is 6.06. The number of methoxy groups -OCH3 is 1. The summed E-state index contributed by atoms with van der Waals surface area (Å²) in [6.45, 7) is 0. The number of carbonyl (C=O) groups excluding carboxylic acids is 1. The quantitative estimate of drug-likeness (QED) is 0.625. The molecule has 0 spiro atoms. The van der Waals surface area contributed by atoms with Crippen LogP contribution in [0, 0.1) is 0 Å². The highest BCUT2D eigenvalue weighted by molar-refractivity contribution is 5.90. The third kappa shape index (κ3) is 1.92. The lowest BCUT2D eigenvalue weighted by molar-refractivity contribution is -0.136. The van der Waals surface area contributed by atoms with Gasteiger partial charge in [-0.3, -0.25) is 0 Å². The molecule has 0 aromatic carbocycles. The van der Waals surface area contributed by atoms with Crippen molar-refractivity contribution in [2.75, 3.05) is 7.11 Å². The maximum Gasteiger partial charge on any atom is 0.333 e. The molecule has 0 aromatic rings. The van der Waals surface area contributed by atoms with Crippen LogP contribution < -0.4 is 5.73 Å². The van der Waals surface area contributed by atoms with Crippen LogP contribution in [0.25, 0.3) is 0 Å². The summed E-state index contributed by atoms with van der Waals surface area (Å²) >= 11 is 0. The molecule has 1 aliphatic carbocycles. The van der Waals surface area contributed by atoms with Gasteiger partial charge in [0.2, 0.25) is 0 Å². The fourth-order valence-electron chi connectivity index (χ4n) is 1.16. The molecule has 1 atom stereocenters. The van der Waals surface area contributed by atoms with Crippen molar-refractivity contribution in [3.05, 3.63) is 23.3 Å². The largest absolute Gasteiger partial charge is 0.466 e. The Kier molecular flexibility index (Phi) is 2.77. The normalized spacial score (nSPS) is 21.4. The van der Waals surface area contributed by atoms with Crippen molar-refractivity contribution in [1.29, 1.82) is 0 Å². The van der Waals surface area contributed by atoms with Crippen molar-refractivity contribution >= 4 is 5.97 Å². The minimum atomic E-state index is -1.82. The molecule has 72 valence electrons. The molecule has 0 radical (unpaired) electrons.